The minimum absolute atomic E-state index is 0.0213. The molecule has 8 rings (SSSR count). The van der Waals surface area contributed by atoms with Crippen molar-refractivity contribution >= 4 is 11.8 Å². The first-order valence-electron chi connectivity index (χ1n) is 18.5. The number of carbonyl (C=O) groups excluding carboxylic acids is 2. The van der Waals surface area contributed by atoms with Gasteiger partial charge in [0, 0.05) is 47.6 Å². The van der Waals surface area contributed by atoms with Crippen LogP contribution in [0.5, 0.6) is 0 Å². The van der Waals surface area contributed by atoms with Gasteiger partial charge in [-0.25, -0.2) is 4.79 Å². The Kier molecular flexibility index (Phi) is 8.73. The highest BCUT2D eigenvalue weighted by molar-refractivity contribution is 6.10. The molecule has 2 aromatic rings. The van der Waals surface area contributed by atoms with E-state index in [1.54, 1.807) is 12.0 Å². The molecule has 7 nitrogen and oxygen atoms in total. The molecule has 3 saturated carbocycles. The number of nitrogens with one attached hydrogen (secondary N) is 1. The first-order chi connectivity index (χ1) is 23.4. The Bertz CT molecular complexity index is 1630. The molecule has 2 spiro atoms. The molecule has 2 aromatic carbocycles. The van der Waals surface area contributed by atoms with E-state index in [-0.39, 0.29) is 47.1 Å². The van der Waals surface area contributed by atoms with Crippen molar-refractivity contribution < 1.29 is 24.5 Å². The maximum Gasteiger partial charge on any atom is 0.317 e. The van der Waals surface area contributed by atoms with Crippen molar-refractivity contribution in [2.45, 2.75) is 89.9 Å². The van der Waals surface area contributed by atoms with Crippen LogP contribution >= 0.6 is 0 Å². The number of fused-ring (bicyclic) bond motifs is 1. The third-order valence-electron chi connectivity index (χ3n) is 14.1. The van der Waals surface area contributed by atoms with Gasteiger partial charge in [0.05, 0.1) is 24.3 Å². The van der Waals surface area contributed by atoms with E-state index in [1.165, 1.54) is 0 Å². The third kappa shape index (κ3) is 5.17. The fourth-order valence-corrected chi connectivity index (χ4v) is 11.4. The van der Waals surface area contributed by atoms with Crippen molar-refractivity contribution in [2.75, 3.05) is 26.8 Å². The molecular formula is C42H54N2O5. The zero-order valence-corrected chi connectivity index (χ0v) is 29.7. The lowest BCUT2D eigenvalue weighted by atomic mass is 9.32. The van der Waals surface area contributed by atoms with Crippen LogP contribution in [0.25, 0.3) is 0 Å². The maximum absolute atomic E-state index is 14.7. The largest absolute Gasteiger partial charge is 0.393 e. The van der Waals surface area contributed by atoms with Crippen molar-refractivity contribution in [1.82, 2.24) is 10.2 Å². The summed E-state index contributed by atoms with van der Waals surface area (Å²) in [7, 11) is 1.67. The summed E-state index contributed by atoms with van der Waals surface area (Å²) in [6.07, 6.45) is 12.6. The molecule has 7 heteroatoms. The van der Waals surface area contributed by atoms with Gasteiger partial charge in [-0.05, 0) is 81.1 Å². The number of amides is 2. The molecule has 6 aliphatic rings. The number of carbonyl (C=O) groups is 2. The van der Waals surface area contributed by atoms with E-state index in [1.807, 2.05) is 67.6 Å². The summed E-state index contributed by atoms with van der Waals surface area (Å²) in [5, 5.41) is 27.1. The van der Waals surface area contributed by atoms with Gasteiger partial charge in [-0.15, -0.1) is 0 Å². The van der Waals surface area contributed by atoms with Gasteiger partial charge < -0.3 is 25.2 Å². The monoisotopic (exact) mass is 666 g/mol. The minimum Gasteiger partial charge on any atom is -0.393 e. The van der Waals surface area contributed by atoms with Crippen LogP contribution in [0.1, 0.15) is 94.1 Å². The van der Waals surface area contributed by atoms with E-state index in [9.17, 15) is 19.8 Å². The van der Waals surface area contributed by atoms with Gasteiger partial charge in [0.1, 0.15) is 0 Å². The predicted molar refractivity (Wildman–Crippen MR) is 191 cm³/mol. The average molecular weight is 667 g/mol. The number of nitrogens with zero attached hydrogens (tertiary/aromatic N) is 1. The summed E-state index contributed by atoms with van der Waals surface area (Å²) >= 11 is 0. The van der Waals surface area contributed by atoms with Crippen LogP contribution in [0.3, 0.4) is 0 Å². The summed E-state index contributed by atoms with van der Waals surface area (Å²) in [5.41, 5.74) is -0.0997. The molecule has 2 amide bonds. The molecule has 9 unspecified atom stereocenters. The molecule has 49 heavy (non-hydrogen) atoms. The highest BCUT2D eigenvalue weighted by Crippen LogP contribution is 2.78. The Morgan fingerprint density at radius 3 is 2.31 bits per heavy atom. The van der Waals surface area contributed by atoms with Crippen LogP contribution in [-0.4, -0.2) is 65.4 Å². The van der Waals surface area contributed by atoms with Gasteiger partial charge in [0.2, 0.25) is 0 Å². The molecular weight excluding hydrogens is 612 g/mol. The second-order valence-electron chi connectivity index (χ2n) is 16.4. The molecule has 0 saturated heterocycles. The zero-order valence-electron chi connectivity index (χ0n) is 29.7. The number of aliphatic hydroxyl groups is 2. The fourth-order valence-electron chi connectivity index (χ4n) is 11.4. The summed E-state index contributed by atoms with van der Waals surface area (Å²) in [5.74, 6) is 0.304. The molecule has 3 fully saturated rings. The molecule has 6 aliphatic carbocycles. The van der Waals surface area contributed by atoms with Crippen LogP contribution in [0.15, 0.2) is 84.5 Å². The Labute approximate surface area is 291 Å². The first-order valence-corrected chi connectivity index (χ1v) is 18.5. The van der Waals surface area contributed by atoms with Crippen molar-refractivity contribution in [3.63, 3.8) is 0 Å². The van der Waals surface area contributed by atoms with Crippen molar-refractivity contribution in [3.05, 3.63) is 95.6 Å². The standard InChI is InChI=1S/C42H54N2O5/c1-29(30-12-7-5-8-13-30)43-37(47)44(24-11-25-49-4)28-41(48)21-18-35-39(41,3)20-17-34-38(2)19-16-32(45)26-40(38)22-23-42(34,35)33(27-40)36(46)31-14-9-6-10-15-31/h5-10,12-15,22-23,27,29,32,34-35,45,48H,11,16-21,24-26,28H2,1-4H3,(H,43,47). The summed E-state index contributed by atoms with van der Waals surface area (Å²) in [6, 6.07) is 19.2. The molecule has 9 atom stereocenters. The Morgan fingerprint density at radius 2 is 1.59 bits per heavy atom. The Morgan fingerprint density at radius 1 is 0.939 bits per heavy atom. The van der Waals surface area contributed by atoms with E-state index in [4.69, 9.17) is 4.74 Å². The number of allylic oxidation sites excluding steroid dienone is 4. The predicted octanol–water partition coefficient (Wildman–Crippen LogP) is 7.27. The van der Waals surface area contributed by atoms with Gasteiger partial charge in [-0.3, -0.25) is 4.79 Å². The van der Waals surface area contributed by atoms with E-state index in [0.717, 1.165) is 43.2 Å². The van der Waals surface area contributed by atoms with E-state index in [0.29, 0.717) is 38.0 Å². The minimum atomic E-state index is -1.14. The molecule has 0 aliphatic heterocycles. The number of hydrogen-bond acceptors (Lipinski definition) is 5. The Hall–Kier alpha value is -3.26. The third-order valence-corrected chi connectivity index (χ3v) is 14.1. The Balaban J connectivity index is 1.25. The van der Waals surface area contributed by atoms with E-state index in [2.05, 4.69) is 37.4 Å². The normalized spacial score (nSPS) is 37.8. The summed E-state index contributed by atoms with van der Waals surface area (Å²) in [6.45, 7) is 7.84. The smallest absolute Gasteiger partial charge is 0.317 e. The molecule has 0 heterocycles. The number of urea groups is 1. The number of aliphatic hydroxyl groups excluding tert-OH is 1. The molecule has 0 radical (unpaired) electrons. The average Bonchev–Trinajstić information content (AvgIpc) is 3.38. The number of benzene rings is 2. The number of rotatable bonds is 10. The number of Topliss-reactive ketones (excluding diaryl/α,β-unsaturated/α-hetero) is 1. The van der Waals surface area contributed by atoms with Crippen LogP contribution in [0.4, 0.5) is 4.79 Å². The SMILES string of the molecule is COCCCN(CC1(O)CCC2C34C=CC5(C=C3C(=O)c3ccccc3)CC(O)CCC5(C)C4CCC21C)C(=O)NC(C)c1ccccc1. The lowest BCUT2D eigenvalue weighted by Crippen LogP contribution is -2.67. The van der Waals surface area contributed by atoms with Crippen LogP contribution < -0.4 is 5.32 Å². The molecule has 262 valence electrons. The van der Waals surface area contributed by atoms with E-state index < -0.39 is 22.5 Å². The highest BCUT2D eigenvalue weighted by atomic mass is 16.5. The number of hydrogen-bond donors (Lipinski definition) is 3. The quantitative estimate of drug-likeness (QED) is 0.141. The topological polar surface area (TPSA) is 99.1 Å². The second kappa shape index (κ2) is 12.5. The van der Waals surface area contributed by atoms with Gasteiger partial charge in [-0.1, -0.05) is 92.7 Å². The van der Waals surface area contributed by atoms with Gasteiger partial charge >= 0.3 is 6.03 Å². The second-order valence-corrected chi connectivity index (χ2v) is 16.4. The number of ketones is 1. The lowest BCUT2D eigenvalue weighted by molar-refractivity contribution is -0.174. The van der Waals surface area contributed by atoms with Gasteiger partial charge in [-0.2, -0.15) is 0 Å². The fraction of sp³-hybridized carbons (Fsp3) is 0.571. The molecule has 3 N–H and O–H groups in total. The summed E-state index contributed by atoms with van der Waals surface area (Å²) in [4.78, 5) is 30.5. The lowest BCUT2D eigenvalue weighted by Gasteiger charge is -2.71. The van der Waals surface area contributed by atoms with Crippen molar-refractivity contribution in [2.24, 2.45) is 33.5 Å². The first kappa shape index (κ1) is 34.2. The van der Waals surface area contributed by atoms with Crippen molar-refractivity contribution in [1.29, 1.82) is 0 Å². The van der Waals surface area contributed by atoms with Crippen LogP contribution in [0.2, 0.25) is 0 Å². The van der Waals surface area contributed by atoms with Gasteiger partial charge in [0.25, 0.3) is 0 Å². The molecule has 2 bridgehead atoms. The van der Waals surface area contributed by atoms with Crippen LogP contribution in [-0.2, 0) is 4.74 Å². The van der Waals surface area contributed by atoms with Crippen LogP contribution in [0, 0.1) is 33.5 Å². The highest BCUT2D eigenvalue weighted by Gasteiger charge is 2.74. The number of methoxy groups -OCH3 is 1. The molecule has 0 aromatic heterocycles. The van der Waals surface area contributed by atoms with Gasteiger partial charge in [0.15, 0.2) is 5.78 Å². The van der Waals surface area contributed by atoms with Crippen molar-refractivity contribution in [3.8, 4) is 0 Å². The zero-order chi connectivity index (χ0) is 34.7. The number of ether oxygens (including phenoxy) is 1. The maximum atomic E-state index is 14.7. The van der Waals surface area contributed by atoms with E-state index >= 15 is 0 Å². The summed E-state index contributed by atoms with van der Waals surface area (Å²) < 4.78 is 5.36.